The van der Waals surface area contributed by atoms with Crippen molar-refractivity contribution in [3.05, 3.63) is 23.5 Å². The van der Waals surface area contributed by atoms with Gasteiger partial charge in [0, 0.05) is 36.5 Å². The highest BCUT2D eigenvalue weighted by atomic mass is 16.5. The molecule has 0 bridgehead atoms. The number of hydrogen-bond acceptors (Lipinski definition) is 4. The molecule has 1 N–H and O–H groups in total. The highest BCUT2D eigenvalue weighted by Gasteiger charge is 2.56. The van der Waals surface area contributed by atoms with Gasteiger partial charge in [-0.1, -0.05) is 0 Å². The summed E-state index contributed by atoms with van der Waals surface area (Å²) in [5.41, 5.74) is 0.768. The van der Waals surface area contributed by atoms with Gasteiger partial charge in [-0.3, -0.25) is 9.78 Å². The van der Waals surface area contributed by atoms with Crippen LogP contribution in [0.1, 0.15) is 30.7 Å². The van der Waals surface area contributed by atoms with Crippen LogP contribution in [0.4, 0.5) is 0 Å². The number of ether oxygens (including phenoxy) is 2. The van der Waals surface area contributed by atoms with Crippen molar-refractivity contribution in [2.24, 2.45) is 11.3 Å². The van der Waals surface area contributed by atoms with E-state index in [1.807, 2.05) is 19.1 Å². The maximum Gasteiger partial charge on any atom is 0.312 e. The average Bonchev–Trinajstić information content (AvgIpc) is 3.19. The number of pyridine rings is 1. The molecule has 2 aliphatic rings. The van der Waals surface area contributed by atoms with Crippen LogP contribution in [0.2, 0.25) is 0 Å². The largest absolute Gasteiger partial charge is 0.497 e. The van der Waals surface area contributed by atoms with Crippen LogP contribution in [-0.2, 0) is 16.0 Å². The number of carbonyl (C=O) groups is 1. The third-order valence-electron chi connectivity index (χ3n) is 4.58. The first-order valence-electron chi connectivity index (χ1n) is 7.42. The summed E-state index contributed by atoms with van der Waals surface area (Å²) in [7, 11) is 1.61. The number of aliphatic carboxylic acids is 1. The van der Waals surface area contributed by atoms with Crippen LogP contribution in [0.3, 0.4) is 0 Å². The average molecular weight is 291 g/mol. The summed E-state index contributed by atoms with van der Waals surface area (Å²) in [6.45, 7) is 2.42. The Bertz CT molecular complexity index is 555. The summed E-state index contributed by atoms with van der Waals surface area (Å²) < 4.78 is 11.0. The lowest BCUT2D eigenvalue weighted by molar-refractivity contribution is -0.153. The Morgan fingerprint density at radius 2 is 2.29 bits per heavy atom. The molecular formula is C16H21NO4. The molecule has 5 heteroatoms. The second kappa shape index (κ2) is 5.30. The molecule has 114 valence electrons. The smallest absolute Gasteiger partial charge is 0.312 e. The first-order valence-corrected chi connectivity index (χ1v) is 7.42. The van der Waals surface area contributed by atoms with E-state index >= 15 is 0 Å². The molecule has 2 atom stereocenters. The van der Waals surface area contributed by atoms with Gasteiger partial charge in [0.05, 0.1) is 13.2 Å². The van der Waals surface area contributed by atoms with Crippen molar-refractivity contribution in [2.45, 2.75) is 38.7 Å². The van der Waals surface area contributed by atoms with E-state index in [1.54, 1.807) is 7.11 Å². The van der Waals surface area contributed by atoms with Crippen LogP contribution < -0.4 is 4.74 Å². The number of methoxy groups -OCH3 is 1. The Hall–Kier alpha value is -1.62. The maximum atomic E-state index is 12.0. The molecule has 1 aromatic rings. The van der Waals surface area contributed by atoms with Gasteiger partial charge in [0.2, 0.25) is 0 Å². The Morgan fingerprint density at radius 1 is 1.52 bits per heavy atom. The van der Waals surface area contributed by atoms with E-state index in [0.29, 0.717) is 25.4 Å². The normalized spacial score (nSPS) is 28.6. The Morgan fingerprint density at radius 3 is 2.90 bits per heavy atom. The second-order valence-corrected chi connectivity index (χ2v) is 6.16. The fourth-order valence-corrected chi connectivity index (χ4v) is 3.38. The third kappa shape index (κ3) is 2.62. The lowest BCUT2D eigenvalue weighted by Crippen LogP contribution is -2.42. The van der Waals surface area contributed by atoms with Crippen molar-refractivity contribution in [3.8, 4) is 5.75 Å². The Labute approximate surface area is 124 Å². The molecule has 1 aliphatic heterocycles. The topological polar surface area (TPSA) is 68.7 Å². The molecule has 2 heterocycles. The number of carboxylic acid groups (broad SMARTS) is 1. The quantitative estimate of drug-likeness (QED) is 0.900. The summed E-state index contributed by atoms with van der Waals surface area (Å²) in [4.78, 5) is 16.5. The van der Waals surface area contributed by atoms with E-state index in [-0.39, 0.29) is 6.10 Å². The molecular weight excluding hydrogens is 270 g/mol. The fraction of sp³-hybridized carbons (Fsp3) is 0.625. The molecule has 0 spiro atoms. The van der Waals surface area contributed by atoms with Gasteiger partial charge in [-0.2, -0.15) is 0 Å². The molecule has 21 heavy (non-hydrogen) atoms. The molecule has 5 nitrogen and oxygen atoms in total. The first kappa shape index (κ1) is 14.3. The summed E-state index contributed by atoms with van der Waals surface area (Å²) in [6, 6.07) is 3.68. The van der Waals surface area contributed by atoms with E-state index in [4.69, 9.17) is 9.47 Å². The highest BCUT2D eigenvalue weighted by molar-refractivity contribution is 5.76. The molecule has 3 rings (SSSR count). The van der Waals surface area contributed by atoms with Gasteiger partial charge in [-0.25, -0.2) is 0 Å². The van der Waals surface area contributed by atoms with Crippen LogP contribution in [0, 0.1) is 18.3 Å². The number of aromatic nitrogens is 1. The zero-order chi connectivity index (χ0) is 15.0. The summed E-state index contributed by atoms with van der Waals surface area (Å²) in [5, 5.41) is 9.83. The predicted molar refractivity (Wildman–Crippen MR) is 76.4 cm³/mol. The molecule has 1 aromatic heterocycles. The van der Waals surface area contributed by atoms with Gasteiger partial charge in [0.25, 0.3) is 0 Å². The summed E-state index contributed by atoms with van der Waals surface area (Å²) >= 11 is 0. The molecule has 0 amide bonds. The van der Waals surface area contributed by atoms with Crippen molar-refractivity contribution in [3.63, 3.8) is 0 Å². The molecule has 0 aromatic carbocycles. The van der Waals surface area contributed by atoms with E-state index in [0.717, 1.165) is 30.0 Å². The molecule has 1 saturated heterocycles. The zero-order valence-corrected chi connectivity index (χ0v) is 12.5. The van der Waals surface area contributed by atoms with Gasteiger partial charge in [0.15, 0.2) is 0 Å². The van der Waals surface area contributed by atoms with Crippen LogP contribution in [0.25, 0.3) is 0 Å². The van der Waals surface area contributed by atoms with Crippen molar-refractivity contribution < 1.29 is 19.4 Å². The van der Waals surface area contributed by atoms with Gasteiger partial charge >= 0.3 is 5.97 Å². The highest BCUT2D eigenvalue weighted by Crippen LogP contribution is 2.49. The molecule has 1 saturated carbocycles. The van der Waals surface area contributed by atoms with E-state index < -0.39 is 11.4 Å². The van der Waals surface area contributed by atoms with Crippen molar-refractivity contribution in [1.29, 1.82) is 0 Å². The number of nitrogens with zero attached hydrogens (tertiary/aromatic N) is 1. The molecule has 1 aliphatic carbocycles. The van der Waals surface area contributed by atoms with Crippen LogP contribution >= 0.6 is 0 Å². The van der Waals surface area contributed by atoms with Crippen molar-refractivity contribution >= 4 is 5.97 Å². The van der Waals surface area contributed by atoms with E-state index in [1.165, 1.54) is 0 Å². The van der Waals surface area contributed by atoms with Crippen molar-refractivity contribution in [2.75, 3.05) is 13.7 Å². The standard InChI is InChI=1S/C16H21NO4/c1-10-7-13(20-2)8-12(17-10)9-16(15(18)19)5-6-21-14(16)11-3-4-11/h7-8,11,14H,3-6,9H2,1-2H3,(H,18,19). The fourth-order valence-electron chi connectivity index (χ4n) is 3.38. The Kier molecular flexibility index (Phi) is 3.61. The van der Waals surface area contributed by atoms with Gasteiger partial charge < -0.3 is 14.6 Å². The second-order valence-electron chi connectivity index (χ2n) is 6.16. The van der Waals surface area contributed by atoms with Crippen molar-refractivity contribution in [1.82, 2.24) is 4.98 Å². The van der Waals surface area contributed by atoms with Crippen LogP contribution in [0.15, 0.2) is 12.1 Å². The number of rotatable bonds is 5. The minimum atomic E-state index is -0.840. The molecule has 2 unspecified atom stereocenters. The summed E-state index contributed by atoms with van der Waals surface area (Å²) in [6.07, 6.45) is 2.93. The minimum Gasteiger partial charge on any atom is -0.497 e. The van der Waals surface area contributed by atoms with Crippen LogP contribution in [-0.4, -0.2) is 35.9 Å². The third-order valence-corrected chi connectivity index (χ3v) is 4.58. The minimum absolute atomic E-state index is 0.177. The maximum absolute atomic E-state index is 12.0. The number of carboxylic acids is 1. The number of hydrogen-bond donors (Lipinski definition) is 1. The summed E-state index contributed by atoms with van der Waals surface area (Å²) in [5.74, 6) is 0.356. The first-order chi connectivity index (χ1) is 10.0. The van der Waals surface area contributed by atoms with Gasteiger partial charge in [-0.05, 0) is 32.1 Å². The zero-order valence-electron chi connectivity index (χ0n) is 12.5. The number of aryl methyl sites for hydroxylation is 1. The molecule has 2 fully saturated rings. The van der Waals surface area contributed by atoms with Gasteiger partial charge in [0.1, 0.15) is 11.2 Å². The lowest BCUT2D eigenvalue weighted by atomic mass is 9.75. The lowest BCUT2D eigenvalue weighted by Gasteiger charge is -2.29. The Balaban J connectivity index is 1.92. The van der Waals surface area contributed by atoms with E-state index in [2.05, 4.69) is 4.98 Å². The van der Waals surface area contributed by atoms with Crippen LogP contribution in [0.5, 0.6) is 5.75 Å². The predicted octanol–water partition coefficient (Wildman–Crippen LogP) is 2.21. The van der Waals surface area contributed by atoms with E-state index in [9.17, 15) is 9.90 Å². The monoisotopic (exact) mass is 291 g/mol. The van der Waals surface area contributed by atoms with Gasteiger partial charge in [-0.15, -0.1) is 0 Å². The SMILES string of the molecule is COc1cc(C)nc(CC2(C(=O)O)CCOC2C2CC2)c1. The molecule has 0 radical (unpaired) electrons.